The zero-order valence-corrected chi connectivity index (χ0v) is 18.9. The summed E-state index contributed by atoms with van der Waals surface area (Å²) in [6.45, 7) is 5.21. The number of piperidine rings is 1. The minimum absolute atomic E-state index is 0. The van der Waals surface area contributed by atoms with Crippen LogP contribution in [0.15, 0.2) is 59.6 Å². The topological polar surface area (TPSA) is 82.8 Å². The third-order valence-electron chi connectivity index (χ3n) is 4.84. The summed E-state index contributed by atoms with van der Waals surface area (Å²) >= 11 is 0. The smallest absolute Gasteiger partial charge is 0.269 e. The first kappa shape index (κ1) is 22.9. The number of nitrogens with one attached hydrogen (secondary N) is 2. The Labute approximate surface area is 188 Å². The summed E-state index contributed by atoms with van der Waals surface area (Å²) in [5, 5.41) is 17.7. The van der Waals surface area contributed by atoms with Crippen molar-refractivity contribution in [1.82, 2.24) is 10.6 Å². The molecule has 1 heterocycles. The molecule has 0 amide bonds. The molecule has 29 heavy (non-hydrogen) atoms. The molecule has 1 aliphatic heterocycles. The van der Waals surface area contributed by atoms with E-state index in [-0.39, 0.29) is 34.6 Å². The molecule has 0 radical (unpaired) electrons. The molecule has 2 aromatic rings. The second-order valence-electron chi connectivity index (χ2n) is 6.86. The van der Waals surface area contributed by atoms with Crippen LogP contribution in [0.1, 0.15) is 25.3 Å². The fourth-order valence-electron chi connectivity index (χ4n) is 3.37. The molecule has 1 aliphatic rings. The molecule has 0 aliphatic carbocycles. The van der Waals surface area contributed by atoms with Crippen LogP contribution in [0.25, 0.3) is 0 Å². The molecule has 0 saturated carbocycles. The number of halogens is 1. The SMILES string of the molecule is CCNC(=NCc1cccc([N+](=O)[O-])c1)NC1CCN(c2ccccc2)CC1.I. The van der Waals surface area contributed by atoms with Gasteiger partial charge < -0.3 is 15.5 Å². The molecule has 2 N–H and O–H groups in total. The molecule has 0 spiro atoms. The number of nitro benzene ring substituents is 1. The summed E-state index contributed by atoms with van der Waals surface area (Å²) in [6.07, 6.45) is 2.08. The number of anilines is 1. The quantitative estimate of drug-likeness (QED) is 0.203. The molecule has 8 heteroatoms. The molecule has 156 valence electrons. The van der Waals surface area contributed by atoms with Gasteiger partial charge in [0.05, 0.1) is 11.5 Å². The van der Waals surface area contributed by atoms with Gasteiger partial charge in [-0.15, -0.1) is 24.0 Å². The Morgan fingerprint density at radius 3 is 2.55 bits per heavy atom. The van der Waals surface area contributed by atoms with E-state index in [9.17, 15) is 10.1 Å². The van der Waals surface area contributed by atoms with Crippen LogP contribution in [0.5, 0.6) is 0 Å². The summed E-state index contributed by atoms with van der Waals surface area (Å²) in [6, 6.07) is 17.5. The average Bonchev–Trinajstić information content (AvgIpc) is 2.73. The van der Waals surface area contributed by atoms with Crippen LogP contribution in [-0.2, 0) is 6.54 Å². The van der Waals surface area contributed by atoms with Gasteiger partial charge in [-0.2, -0.15) is 0 Å². The number of hydrogen-bond donors (Lipinski definition) is 2. The Morgan fingerprint density at radius 2 is 1.90 bits per heavy atom. The number of nitro groups is 1. The molecule has 0 atom stereocenters. The first-order valence-electron chi connectivity index (χ1n) is 9.74. The highest BCUT2D eigenvalue weighted by Gasteiger charge is 2.20. The van der Waals surface area contributed by atoms with E-state index in [4.69, 9.17) is 0 Å². The number of non-ortho nitro benzene ring substituents is 1. The third kappa shape index (κ3) is 6.88. The zero-order valence-electron chi connectivity index (χ0n) is 16.6. The van der Waals surface area contributed by atoms with Gasteiger partial charge in [0.1, 0.15) is 0 Å². The van der Waals surface area contributed by atoms with Crippen LogP contribution in [0, 0.1) is 10.1 Å². The van der Waals surface area contributed by atoms with Gasteiger partial charge in [0.2, 0.25) is 0 Å². The monoisotopic (exact) mass is 509 g/mol. The second-order valence-corrected chi connectivity index (χ2v) is 6.86. The van der Waals surface area contributed by atoms with Crippen LogP contribution in [0.4, 0.5) is 11.4 Å². The maximum atomic E-state index is 10.9. The maximum Gasteiger partial charge on any atom is 0.269 e. The van der Waals surface area contributed by atoms with E-state index in [1.54, 1.807) is 12.1 Å². The Bertz CT molecular complexity index is 808. The van der Waals surface area contributed by atoms with Crippen molar-refractivity contribution in [2.45, 2.75) is 32.4 Å². The van der Waals surface area contributed by atoms with Crippen LogP contribution >= 0.6 is 24.0 Å². The zero-order chi connectivity index (χ0) is 19.8. The van der Waals surface area contributed by atoms with Crippen molar-refractivity contribution in [3.63, 3.8) is 0 Å². The van der Waals surface area contributed by atoms with Gasteiger partial charge in [0.15, 0.2) is 5.96 Å². The number of para-hydroxylation sites is 1. The Hall–Kier alpha value is -2.36. The number of guanidine groups is 1. The van der Waals surface area contributed by atoms with Gasteiger partial charge >= 0.3 is 0 Å². The summed E-state index contributed by atoms with van der Waals surface area (Å²) in [5.74, 6) is 0.757. The lowest BCUT2D eigenvalue weighted by Gasteiger charge is -2.34. The summed E-state index contributed by atoms with van der Waals surface area (Å²) in [4.78, 5) is 17.6. The van der Waals surface area contributed by atoms with Gasteiger partial charge in [-0.1, -0.05) is 30.3 Å². The van der Waals surface area contributed by atoms with Gasteiger partial charge in [-0.3, -0.25) is 10.1 Å². The molecule has 2 aromatic carbocycles. The number of hydrogen-bond acceptors (Lipinski definition) is 4. The number of nitrogens with zero attached hydrogens (tertiary/aromatic N) is 3. The normalized spacial score (nSPS) is 14.8. The van der Waals surface area contributed by atoms with E-state index in [1.807, 2.05) is 19.1 Å². The molecular formula is C21H28IN5O2. The second kappa shape index (κ2) is 11.6. The molecule has 1 fully saturated rings. The van der Waals surface area contributed by atoms with Crippen molar-refractivity contribution in [3.05, 3.63) is 70.3 Å². The first-order chi connectivity index (χ1) is 13.7. The summed E-state index contributed by atoms with van der Waals surface area (Å²) in [5.41, 5.74) is 2.19. The first-order valence-corrected chi connectivity index (χ1v) is 9.74. The number of benzene rings is 2. The average molecular weight is 509 g/mol. The van der Waals surface area contributed by atoms with Gasteiger partial charge in [-0.25, -0.2) is 4.99 Å². The van der Waals surface area contributed by atoms with Gasteiger partial charge in [-0.05, 0) is 37.5 Å². The highest BCUT2D eigenvalue weighted by molar-refractivity contribution is 14.0. The van der Waals surface area contributed by atoms with Crippen LogP contribution in [-0.4, -0.2) is 36.6 Å². The maximum absolute atomic E-state index is 10.9. The fraction of sp³-hybridized carbons (Fsp3) is 0.381. The van der Waals surface area contributed by atoms with Crippen LogP contribution < -0.4 is 15.5 Å². The van der Waals surface area contributed by atoms with Crippen molar-refractivity contribution in [2.24, 2.45) is 4.99 Å². The fourth-order valence-corrected chi connectivity index (χ4v) is 3.37. The van der Waals surface area contributed by atoms with Crippen molar-refractivity contribution in [3.8, 4) is 0 Å². The van der Waals surface area contributed by atoms with E-state index in [2.05, 4.69) is 44.8 Å². The molecule has 0 aromatic heterocycles. The van der Waals surface area contributed by atoms with Crippen LogP contribution in [0.2, 0.25) is 0 Å². The summed E-state index contributed by atoms with van der Waals surface area (Å²) in [7, 11) is 0. The van der Waals surface area contributed by atoms with Crippen molar-refractivity contribution >= 4 is 41.3 Å². The lowest BCUT2D eigenvalue weighted by atomic mass is 10.0. The van der Waals surface area contributed by atoms with Crippen molar-refractivity contribution in [1.29, 1.82) is 0 Å². The molecule has 0 bridgehead atoms. The molecular weight excluding hydrogens is 481 g/mol. The minimum atomic E-state index is -0.378. The van der Waals surface area contributed by atoms with E-state index in [0.29, 0.717) is 12.6 Å². The van der Waals surface area contributed by atoms with E-state index in [1.165, 1.54) is 11.8 Å². The standard InChI is InChI=1S/C21H27N5O2.HI/c1-2-22-21(23-16-17-7-6-10-20(15-17)26(27)28)24-18-11-13-25(14-12-18)19-8-4-3-5-9-19;/h3-10,15,18H,2,11-14,16H2,1H3,(H2,22,23,24);1H. The molecule has 3 rings (SSSR count). The highest BCUT2D eigenvalue weighted by Crippen LogP contribution is 2.19. The lowest BCUT2D eigenvalue weighted by Crippen LogP contribution is -2.48. The number of aliphatic imine (C=N–C) groups is 1. The predicted octanol–water partition coefficient (Wildman–Crippen LogP) is 3.94. The predicted molar refractivity (Wildman–Crippen MR) is 128 cm³/mol. The van der Waals surface area contributed by atoms with Gasteiger partial charge in [0.25, 0.3) is 5.69 Å². The molecule has 1 saturated heterocycles. The Morgan fingerprint density at radius 1 is 1.17 bits per heavy atom. The van der Waals surface area contributed by atoms with Crippen molar-refractivity contribution in [2.75, 3.05) is 24.5 Å². The Kier molecular flexibility index (Phi) is 9.17. The van der Waals surface area contributed by atoms with E-state index < -0.39 is 0 Å². The lowest BCUT2D eigenvalue weighted by molar-refractivity contribution is -0.384. The van der Waals surface area contributed by atoms with Crippen LogP contribution in [0.3, 0.4) is 0 Å². The molecule has 0 unspecified atom stereocenters. The van der Waals surface area contributed by atoms with E-state index >= 15 is 0 Å². The largest absolute Gasteiger partial charge is 0.371 e. The van der Waals surface area contributed by atoms with E-state index in [0.717, 1.165) is 44.0 Å². The van der Waals surface area contributed by atoms with Gasteiger partial charge in [0, 0.05) is 43.5 Å². The third-order valence-corrected chi connectivity index (χ3v) is 4.84. The number of rotatable bonds is 6. The minimum Gasteiger partial charge on any atom is -0.371 e. The Balaban J connectivity index is 0.00000300. The highest BCUT2D eigenvalue weighted by atomic mass is 127. The molecule has 7 nitrogen and oxygen atoms in total. The summed E-state index contributed by atoms with van der Waals surface area (Å²) < 4.78 is 0. The van der Waals surface area contributed by atoms with Crippen molar-refractivity contribution < 1.29 is 4.92 Å².